The number of hydrogen-bond acceptors (Lipinski definition) is 4. The molecule has 1 fully saturated rings. The van der Waals surface area contributed by atoms with E-state index in [1.165, 1.54) is 6.92 Å². The van der Waals surface area contributed by atoms with Crippen LogP contribution in [0, 0.1) is 6.92 Å². The van der Waals surface area contributed by atoms with E-state index in [1.54, 1.807) is 0 Å². The molecule has 1 aromatic heterocycles. The summed E-state index contributed by atoms with van der Waals surface area (Å²) in [4.78, 5) is 12.3. The molecule has 0 bridgehead atoms. The van der Waals surface area contributed by atoms with Crippen molar-refractivity contribution in [2.24, 2.45) is 0 Å². The minimum absolute atomic E-state index is 0.00176. The molecular formula is C20H21F6N3O3. The number of aryl methyl sites for hydroxylation is 1. The van der Waals surface area contributed by atoms with Gasteiger partial charge in [-0.05, 0) is 25.3 Å². The molecule has 176 valence electrons. The summed E-state index contributed by atoms with van der Waals surface area (Å²) in [6.07, 6.45) is -7.21. The Hall–Kier alpha value is -2.76. The number of nitrogens with zero attached hydrogens (tertiary/aromatic N) is 1. The molecule has 1 heterocycles. The third-order valence-electron chi connectivity index (χ3n) is 5.45. The number of nitrogens with one attached hydrogen (secondary N) is 2. The highest BCUT2D eigenvalue weighted by molar-refractivity contribution is 5.93. The van der Waals surface area contributed by atoms with Gasteiger partial charge >= 0.3 is 18.4 Å². The number of aliphatic hydroxyl groups is 1. The van der Waals surface area contributed by atoms with E-state index >= 15 is 0 Å². The van der Waals surface area contributed by atoms with E-state index in [0.717, 1.165) is 44.2 Å². The van der Waals surface area contributed by atoms with Gasteiger partial charge in [0.15, 0.2) is 5.82 Å². The van der Waals surface area contributed by atoms with Crippen LogP contribution in [0.2, 0.25) is 0 Å². The first-order valence-corrected chi connectivity index (χ1v) is 9.85. The lowest BCUT2D eigenvalue weighted by Crippen LogP contribution is -2.53. The van der Waals surface area contributed by atoms with Crippen LogP contribution in [-0.4, -0.2) is 34.7 Å². The first-order valence-electron chi connectivity index (χ1n) is 9.85. The molecule has 0 spiro atoms. The van der Waals surface area contributed by atoms with Crippen molar-refractivity contribution >= 4 is 11.8 Å². The highest BCUT2D eigenvalue weighted by Gasteiger charge is 2.71. The number of carbonyl (C=O) groups excluding carboxylic acids is 1. The maximum absolute atomic E-state index is 13.1. The predicted molar refractivity (Wildman–Crippen MR) is 102 cm³/mol. The lowest BCUT2D eigenvalue weighted by atomic mass is 9.90. The van der Waals surface area contributed by atoms with Crippen molar-refractivity contribution in [1.82, 2.24) is 10.5 Å². The van der Waals surface area contributed by atoms with Gasteiger partial charge in [0.2, 0.25) is 0 Å². The zero-order chi connectivity index (χ0) is 23.7. The molecule has 0 atom stereocenters. The molecule has 3 rings (SSSR count). The van der Waals surface area contributed by atoms with E-state index < -0.39 is 29.5 Å². The Balaban J connectivity index is 1.85. The molecule has 12 heteroatoms. The highest BCUT2D eigenvalue weighted by Crippen LogP contribution is 2.50. The fraction of sp³-hybridized carbons (Fsp3) is 0.500. The monoisotopic (exact) mass is 465 g/mol. The fourth-order valence-electron chi connectivity index (χ4n) is 3.74. The third kappa shape index (κ3) is 4.54. The minimum atomic E-state index is -5.98. The van der Waals surface area contributed by atoms with E-state index in [0.29, 0.717) is 12.1 Å². The fourth-order valence-corrected chi connectivity index (χ4v) is 3.74. The number of amides is 2. The molecule has 32 heavy (non-hydrogen) atoms. The molecule has 1 saturated carbocycles. The van der Waals surface area contributed by atoms with Crippen molar-refractivity contribution in [2.75, 3.05) is 5.32 Å². The van der Waals surface area contributed by atoms with E-state index in [-0.39, 0.29) is 28.7 Å². The van der Waals surface area contributed by atoms with Gasteiger partial charge in [0, 0.05) is 11.6 Å². The SMILES string of the molecule is Cc1onc(NC(=O)NC2CCCCC2)c1-c1ccc(C(O)(C(F)(F)F)C(F)(F)F)cc1. The zero-order valence-corrected chi connectivity index (χ0v) is 16.9. The second-order valence-electron chi connectivity index (χ2n) is 7.68. The van der Waals surface area contributed by atoms with Gasteiger partial charge in [-0.2, -0.15) is 26.3 Å². The first kappa shape index (κ1) is 23.9. The Morgan fingerprint density at radius 2 is 1.59 bits per heavy atom. The Labute approximate surface area is 179 Å². The normalized spacial score (nSPS) is 16.1. The molecule has 0 saturated heterocycles. The molecule has 6 nitrogen and oxygen atoms in total. The standard InChI is InChI=1S/C20H21F6N3O3/c1-11-15(16(29-32-11)28-17(30)27-14-5-3-2-4-6-14)12-7-9-13(10-8-12)18(31,19(21,22)23)20(24,25)26/h7-10,14,31H,2-6H2,1H3,(H2,27,28,29,30). The van der Waals surface area contributed by atoms with Crippen molar-refractivity contribution < 1.29 is 40.8 Å². The second kappa shape index (κ2) is 8.64. The largest absolute Gasteiger partial charge is 0.430 e. The molecule has 1 aliphatic rings. The summed E-state index contributed by atoms with van der Waals surface area (Å²) in [5, 5.41) is 18.5. The van der Waals surface area contributed by atoms with Crippen LogP contribution in [0.1, 0.15) is 43.4 Å². The summed E-state index contributed by atoms with van der Waals surface area (Å²) in [6.45, 7) is 1.47. The van der Waals surface area contributed by atoms with Crippen LogP contribution in [0.5, 0.6) is 0 Å². The highest BCUT2D eigenvalue weighted by atomic mass is 19.4. The number of rotatable bonds is 4. The molecule has 3 N–H and O–H groups in total. The molecule has 2 amide bonds. The van der Waals surface area contributed by atoms with Gasteiger partial charge in [0.05, 0.1) is 5.56 Å². The average Bonchev–Trinajstić information content (AvgIpc) is 3.06. The second-order valence-corrected chi connectivity index (χ2v) is 7.68. The number of benzene rings is 1. The summed E-state index contributed by atoms with van der Waals surface area (Å²) in [5.74, 6) is 0.151. The summed E-state index contributed by atoms with van der Waals surface area (Å²) < 4.78 is 83.5. The van der Waals surface area contributed by atoms with E-state index in [9.17, 15) is 36.2 Å². The van der Waals surface area contributed by atoms with Crippen molar-refractivity contribution in [3.63, 3.8) is 0 Å². The Bertz CT molecular complexity index is 933. The van der Waals surface area contributed by atoms with Crippen LogP contribution in [0.3, 0.4) is 0 Å². The summed E-state index contributed by atoms with van der Waals surface area (Å²) in [6, 6.07) is 2.42. The number of urea groups is 1. The minimum Gasteiger partial charge on any atom is -0.369 e. The predicted octanol–water partition coefficient (Wildman–Crippen LogP) is 5.42. The van der Waals surface area contributed by atoms with E-state index in [4.69, 9.17) is 4.52 Å². The van der Waals surface area contributed by atoms with Crippen molar-refractivity contribution in [3.05, 3.63) is 35.6 Å². The number of alkyl halides is 6. The number of anilines is 1. The van der Waals surface area contributed by atoms with Gasteiger partial charge in [0.1, 0.15) is 5.76 Å². The van der Waals surface area contributed by atoms with Crippen LogP contribution in [0.4, 0.5) is 37.0 Å². The number of halogens is 6. The Kier molecular flexibility index (Phi) is 6.45. The molecular weight excluding hydrogens is 444 g/mol. The maximum atomic E-state index is 13.1. The number of aromatic nitrogens is 1. The summed E-state index contributed by atoms with van der Waals surface area (Å²) in [7, 11) is 0. The molecule has 0 aliphatic heterocycles. The van der Waals surface area contributed by atoms with Gasteiger partial charge in [-0.25, -0.2) is 4.79 Å². The average molecular weight is 465 g/mol. The smallest absolute Gasteiger partial charge is 0.369 e. The van der Waals surface area contributed by atoms with Crippen molar-refractivity contribution in [3.8, 4) is 11.1 Å². The van der Waals surface area contributed by atoms with Gasteiger partial charge < -0.3 is 14.9 Å². The van der Waals surface area contributed by atoms with Crippen LogP contribution >= 0.6 is 0 Å². The quantitative estimate of drug-likeness (QED) is 0.527. The van der Waals surface area contributed by atoms with E-state index in [1.807, 2.05) is 0 Å². The van der Waals surface area contributed by atoms with Crippen LogP contribution in [0.25, 0.3) is 11.1 Å². The number of carbonyl (C=O) groups is 1. The van der Waals surface area contributed by atoms with Crippen LogP contribution in [0.15, 0.2) is 28.8 Å². The van der Waals surface area contributed by atoms with Crippen molar-refractivity contribution in [1.29, 1.82) is 0 Å². The maximum Gasteiger partial charge on any atom is 0.430 e. The Morgan fingerprint density at radius 3 is 2.12 bits per heavy atom. The van der Waals surface area contributed by atoms with Crippen LogP contribution < -0.4 is 10.6 Å². The van der Waals surface area contributed by atoms with E-state index in [2.05, 4.69) is 15.8 Å². The summed E-state index contributed by atoms with van der Waals surface area (Å²) >= 11 is 0. The molecule has 0 radical (unpaired) electrons. The zero-order valence-electron chi connectivity index (χ0n) is 16.9. The molecule has 1 aromatic carbocycles. The number of hydrogen-bond donors (Lipinski definition) is 3. The van der Waals surface area contributed by atoms with Crippen LogP contribution in [-0.2, 0) is 5.60 Å². The summed E-state index contributed by atoms with van der Waals surface area (Å²) in [5.41, 5.74) is -6.08. The molecule has 2 aromatic rings. The van der Waals surface area contributed by atoms with Crippen molar-refractivity contribution in [2.45, 2.75) is 63.0 Å². The van der Waals surface area contributed by atoms with Gasteiger partial charge in [-0.3, -0.25) is 5.32 Å². The Morgan fingerprint density at radius 1 is 1.03 bits per heavy atom. The molecule has 1 aliphatic carbocycles. The van der Waals surface area contributed by atoms with Gasteiger partial charge in [0.25, 0.3) is 5.60 Å². The van der Waals surface area contributed by atoms with Gasteiger partial charge in [-0.15, -0.1) is 0 Å². The topological polar surface area (TPSA) is 87.4 Å². The lowest BCUT2D eigenvalue weighted by Gasteiger charge is -2.32. The van der Waals surface area contributed by atoms with Gasteiger partial charge in [-0.1, -0.05) is 48.7 Å². The molecule has 0 unspecified atom stereocenters. The first-order chi connectivity index (χ1) is 14.8. The third-order valence-corrected chi connectivity index (χ3v) is 5.45. The lowest BCUT2D eigenvalue weighted by molar-refractivity contribution is -0.376.